The van der Waals surface area contributed by atoms with Crippen LogP contribution in [0.2, 0.25) is 0 Å². The molecule has 1 unspecified atom stereocenters. The van der Waals surface area contributed by atoms with Gasteiger partial charge in [0.1, 0.15) is 11.9 Å². The van der Waals surface area contributed by atoms with Crippen LogP contribution in [0, 0.1) is 12.7 Å². The fraction of sp³-hybridized carbons (Fsp3) is 0.312. The van der Waals surface area contributed by atoms with Crippen LogP contribution in [0.1, 0.15) is 28.5 Å². The number of rotatable bonds is 3. The number of fused-ring (bicyclic) bond motifs is 1. The van der Waals surface area contributed by atoms with Gasteiger partial charge in [0.25, 0.3) is 0 Å². The van der Waals surface area contributed by atoms with E-state index >= 15 is 0 Å². The highest BCUT2D eigenvalue weighted by Crippen LogP contribution is 2.34. The molecular weight excluding hydrogens is 289 g/mol. The summed E-state index contributed by atoms with van der Waals surface area (Å²) in [4.78, 5) is 13.3. The van der Waals surface area contributed by atoms with Crippen molar-refractivity contribution in [2.24, 2.45) is 0 Å². The maximum atomic E-state index is 13.5. The topological polar surface area (TPSA) is 38.3 Å². The van der Waals surface area contributed by atoms with Gasteiger partial charge in [-0.1, -0.05) is 6.07 Å². The maximum Gasteiger partial charge on any atom is 0.227 e. The van der Waals surface area contributed by atoms with Gasteiger partial charge in [-0.15, -0.1) is 11.3 Å². The minimum atomic E-state index is -0.317. The molecular formula is C16H16FNO2S. The quantitative estimate of drug-likeness (QED) is 0.935. The average Bonchev–Trinajstić information content (AvgIpc) is 2.93. The molecule has 2 aromatic rings. The summed E-state index contributed by atoms with van der Waals surface area (Å²) < 4.78 is 19.2. The van der Waals surface area contributed by atoms with Gasteiger partial charge in [-0.25, -0.2) is 4.39 Å². The Labute approximate surface area is 126 Å². The molecule has 0 spiro atoms. The van der Waals surface area contributed by atoms with Crippen molar-refractivity contribution in [3.8, 4) is 0 Å². The van der Waals surface area contributed by atoms with Crippen molar-refractivity contribution in [2.45, 2.75) is 25.9 Å². The molecule has 1 aliphatic rings. The molecule has 0 fully saturated rings. The zero-order valence-electron chi connectivity index (χ0n) is 11.7. The number of benzene rings is 1. The van der Waals surface area contributed by atoms with Crippen molar-refractivity contribution in [3.05, 3.63) is 51.5 Å². The number of hydrogen-bond donors (Lipinski definition) is 1. The van der Waals surface area contributed by atoms with Gasteiger partial charge in [0, 0.05) is 16.1 Å². The number of nitrogens with one attached hydrogen (secondary N) is 1. The first-order chi connectivity index (χ1) is 10.1. The van der Waals surface area contributed by atoms with Gasteiger partial charge in [0.15, 0.2) is 0 Å². The summed E-state index contributed by atoms with van der Waals surface area (Å²) in [7, 11) is 0. The lowest BCUT2D eigenvalue weighted by Gasteiger charge is -2.22. The fourth-order valence-corrected chi connectivity index (χ4v) is 3.49. The van der Waals surface area contributed by atoms with Gasteiger partial charge < -0.3 is 10.1 Å². The van der Waals surface area contributed by atoms with Crippen molar-refractivity contribution >= 4 is 22.9 Å². The first kappa shape index (κ1) is 14.2. The lowest BCUT2D eigenvalue weighted by Crippen LogP contribution is -2.21. The SMILES string of the molecule is Cc1c(F)cccc1NC(=O)CC1OCCc2ccsc21. The van der Waals surface area contributed by atoms with Gasteiger partial charge in [-0.05, 0) is 42.5 Å². The Bertz CT molecular complexity index is 668. The number of ether oxygens (including phenoxy) is 1. The van der Waals surface area contributed by atoms with E-state index in [-0.39, 0.29) is 24.2 Å². The number of anilines is 1. The van der Waals surface area contributed by atoms with Crippen molar-refractivity contribution in [1.29, 1.82) is 0 Å². The van der Waals surface area contributed by atoms with Crippen molar-refractivity contribution in [3.63, 3.8) is 0 Å². The molecule has 0 saturated carbocycles. The van der Waals surface area contributed by atoms with Crippen LogP contribution in [-0.4, -0.2) is 12.5 Å². The molecule has 2 heterocycles. The first-order valence-corrected chi connectivity index (χ1v) is 7.76. The Morgan fingerprint density at radius 1 is 1.48 bits per heavy atom. The van der Waals surface area contributed by atoms with E-state index in [1.165, 1.54) is 11.6 Å². The second kappa shape index (κ2) is 5.95. The molecule has 3 nitrogen and oxygen atoms in total. The Hall–Kier alpha value is -1.72. The van der Waals surface area contributed by atoms with Crippen molar-refractivity contribution < 1.29 is 13.9 Å². The molecule has 0 radical (unpaired) electrons. The Morgan fingerprint density at radius 3 is 3.19 bits per heavy atom. The molecule has 0 saturated heterocycles. The predicted molar refractivity (Wildman–Crippen MR) is 81.1 cm³/mol. The molecule has 0 bridgehead atoms. The molecule has 5 heteroatoms. The van der Waals surface area contributed by atoms with Gasteiger partial charge in [-0.2, -0.15) is 0 Å². The van der Waals surface area contributed by atoms with Crippen LogP contribution in [0.15, 0.2) is 29.6 Å². The van der Waals surface area contributed by atoms with Crippen molar-refractivity contribution in [2.75, 3.05) is 11.9 Å². The number of hydrogen-bond acceptors (Lipinski definition) is 3. The molecule has 1 aromatic heterocycles. The van der Waals surface area contributed by atoms with E-state index in [9.17, 15) is 9.18 Å². The average molecular weight is 305 g/mol. The summed E-state index contributed by atoms with van der Waals surface area (Å²) in [5.41, 5.74) is 2.24. The smallest absolute Gasteiger partial charge is 0.227 e. The zero-order chi connectivity index (χ0) is 14.8. The highest BCUT2D eigenvalue weighted by Gasteiger charge is 2.24. The van der Waals surface area contributed by atoms with Crippen LogP contribution in [-0.2, 0) is 16.0 Å². The molecule has 21 heavy (non-hydrogen) atoms. The summed E-state index contributed by atoms with van der Waals surface area (Å²) in [5, 5.41) is 4.80. The van der Waals surface area contributed by atoms with Crippen LogP contribution in [0.25, 0.3) is 0 Å². The molecule has 1 N–H and O–H groups in total. The van der Waals surface area contributed by atoms with E-state index in [2.05, 4.69) is 11.4 Å². The Balaban J connectivity index is 1.69. The van der Waals surface area contributed by atoms with Crippen molar-refractivity contribution in [1.82, 2.24) is 0 Å². The van der Waals surface area contributed by atoms with Crippen LogP contribution >= 0.6 is 11.3 Å². The molecule has 1 aliphatic heterocycles. The molecule has 110 valence electrons. The lowest BCUT2D eigenvalue weighted by molar-refractivity contribution is -0.119. The predicted octanol–water partition coefficient (Wildman–Crippen LogP) is 3.84. The maximum absolute atomic E-state index is 13.5. The third kappa shape index (κ3) is 2.99. The molecule has 0 aliphatic carbocycles. The fourth-order valence-electron chi connectivity index (χ4n) is 2.49. The number of amides is 1. The van der Waals surface area contributed by atoms with Crippen LogP contribution in [0.4, 0.5) is 10.1 Å². The van der Waals surface area contributed by atoms with E-state index in [4.69, 9.17) is 4.74 Å². The van der Waals surface area contributed by atoms with Crippen LogP contribution < -0.4 is 5.32 Å². The molecule has 3 rings (SSSR count). The highest BCUT2D eigenvalue weighted by atomic mass is 32.1. The second-order valence-electron chi connectivity index (χ2n) is 5.08. The number of thiophene rings is 1. The minimum absolute atomic E-state index is 0.157. The van der Waals surface area contributed by atoms with E-state index < -0.39 is 0 Å². The van der Waals surface area contributed by atoms with Crippen LogP contribution in [0.5, 0.6) is 0 Å². The summed E-state index contributed by atoms with van der Waals surface area (Å²) in [5.74, 6) is -0.475. The summed E-state index contributed by atoms with van der Waals surface area (Å²) in [6, 6.07) is 6.76. The Morgan fingerprint density at radius 2 is 2.33 bits per heavy atom. The standard InChI is InChI=1S/C16H16FNO2S/c1-10-12(17)3-2-4-13(10)18-15(19)9-14-16-11(5-7-20-14)6-8-21-16/h2-4,6,8,14H,5,7,9H2,1H3,(H,18,19). The van der Waals surface area contributed by atoms with E-state index in [0.29, 0.717) is 17.9 Å². The van der Waals surface area contributed by atoms with Gasteiger partial charge in [0.2, 0.25) is 5.91 Å². The van der Waals surface area contributed by atoms with E-state index in [1.54, 1.807) is 30.4 Å². The molecule has 1 amide bonds. The van der Waals surface area contributed by atoms with Gasteiger partial charge in [0.05, 0.1) is 13.0 Å². The normalized spacial score (nSPS) is 17.3. The second-order valence-corrected chi connectivity index (χ2v) is 6.03. The highest BCUT2D eigenvalue weighted by molar-refractivity contribution is 7.10. The zero-order valence-corrected chi connectivity index (χ0v) is 12.5. The van der Waals surface area contributed by atoms with Crippen LogP contribution in [0.3, 0.4) is 0 Å². The lowest BCUT2D eigenvalue weighted by atomic mass is 10.1. The summed E-state index contributed by atoms with van der Waals surface area (Å²) >= 11 is 1.62. The monoisotopic (exact) mass is 305 g/mol. The summed E-state index contributed by atoms with van der Waals surface area (Å²) in [6.45, 7) is 2.29. The summed E-state index contributed by atoms with van der Waals surface area (Å²) in [6.07, 6.45) is 0.964. The third-order valence-electron chi connectivity index (χ3n) is 3.68. The molecule has 1 atom stereocenters. The van der Waals surface area contributed by atoms with E-state index in [1.807, 2.05) is 5.38 Å². The van der Waals surface area contributed by atoms with Gasteiger partial charge in [-0.3, -0.25) is 4.79 Å². The third-order valence-corrected chi connectivity index (χ3v) is 4.73. The van der Waals surface area contributed by atoms with Gasteiger partial charge >= 0.3 is 0 Å². The Kier molecular flexibility index (Phi) is 4.03. The first-order valence-electron chi connectivity index (χ1n) is 6.88. The number of halogens is 1. The van der Waals surface area contributed by atoms with E-state index in [0.717, 1.165) is 11.3 Å². The number of carbonyl (C=O) groups excluding carboxylic acids is 1. The largest absolute Gasteiger partial charge is 0.372 e. The number of carbonyl (C=O) groups is 1. The molecule has 1 aromatic carbocycles. The minimum Gasteiger partial charge on any atom is -0.372 e.